The van der Waals surface area contributed by atoms with Crippen LogP contribution in [-0.2, 0) is 4.74 Å². The van der Waals surface area contributed by atoms with E-state index in [1.54, 1.807) is 6.21 Å². The Morgan fingerprint density at radius 1 is 1.03 bits per heavy atom. The molecule has 3 heterocycles. The number of anilines is 2. The highest BCUT2D eigenvalue weighted by atomic mass is 16.5. The molecular weight excluding hydrogens is 404 g/mol. The quantitative estimate of drug-likeness (QED) is 0.501. The number of hydrogen-bond donors (Lipinski definition) is 1. The van der Waals surface area contributed by atoms with E-state index in [0.717, 1.165) is 44.2 Å². The zero-order valence-electron chi connectivity index (χ0n) is 19.2. The lowest BCUT2D eigenvalue weighted by atomic mass is 10.1. The second kappa shape index (κ2) is 11.2. The SMILES string of the molecule is Cc1ccc(N/N=C/c2cc(N3CCOCC3)nc(OCCN3CCCCC3)n2)cc1C. The van der Waals surface area contributed by atoms with Gasteiger partial charge < -0.3 is 14.4 Å². The van der Waals surface area contributed by atoms with Crippen molar-refractivity contribution >= 4 is 17.7 Å². The smallest absolute Gasteiger partial charge is 0.319 e. The summed E-state index contributed by atoms with van der Waals surface area (Å²) in [5, 5.41) is 4.39. The maximum Gasteiger partial charge on any atom is 0.319 e. The number of hydrogen-bond acceptors (Lipinski definition) is 8. The number of nitrogens with zero attached hydrogens (tertiary/aromatic N) is 5. The number of benzene rings is 1. The highest BCUT2D eigenvalue weighted by Gasteiger charge is 2.16. The summed E-state index contributed by atoms with van der Waals surface area (Å²) in [5.74, 6) is 0.851. The van der Waals surface area contributed by atoms with E-state index in [1.165, 1.54) is 30.4 Å². The number of aromatic nitrogens is 2. The highest BCUT2D eigenvalue weighted by Crippen LogP contribution is 2.18. The molecule has 1 aromatic carbocycles. The fourth-order valence-electron chi connectivity index (χ4n) is 3.95. The second-order valence-electron chi connectivity index (χ2n) is 8.45. The summed E-state index contributed by atoms with van der Waals surface area (Å²) in [6.07, 6.45) is 5.60. The maximum atomic E-state index is 5.97. The van der Waals surface area contributed by atoms with Crippen molar-refractivity contribution < 1.29 is 9.47 Å². The Morgan fingerprint density at radius 3 is 2.62 bits per heavy atom. The monoisotopic (exact) mass is 438 g/mol. The summed E-state index contributed by atoms with van der Waals surface area (Å²) in [7, 11) is 0. The molecule has 8 heteroatoms. The van der Waals surface area contributed by atoms with Crippen LogP contribution in [0.3, 0.4) is 0 Å². The van der Waals surface area contributed by atoms with Crippen molar-refractivity contribution in [3.05, 3.63) is 41.1 Å². The van der Waals surface area contributed by atoms with Gasteiger partial charge in [0.15, 0.2) is 0 Å². The van der Waals surface area contributed by atoms with Crippen LogP contribution in [-0.4, -0.2) is 73.6 Å². The summed E-state index contributed by atoms with van der Waals surface area (Å²) in [5.41, 5.74) is 7.25. The molecule has 172 valence electrons. The first kappa shape index (κ1) is 22.5. The minimum atomic E-state index is 0.402. The first-order valence-electron chi connectivity index (χ1n) is 11.6. The predicted molar refractivity (Wildman–Crippen MR) is 128 cm³/mol. The Balaban J connectivity index is 1.44. The molecule has 0 saturated carbocycles. The number of piperidine rings is 1. The van der Waals surface area contributed by atoms with Gasteiger partial charge in [-0.2, -0.15) is 15.1 Å². The second-order valence-corrected chi connectivity index (χ2v) is 8.45. The first-order valence-corrected chi connectivity index (χ1v) is 11.6. The van der Waals surface area contributed by atoms with Gasteiger partial charge in [0.2, 0.25) is 0 Å². The summed E-state index contributed by atoms with van der Waals surface area (Å²) >= 11 is 0. The topological polar surface area (TPSA) is 75.1 Å². The van der Waals surface area contributed by atoms with Gasteiger partial charge in [-0.3, -0.25) is 10.3 Å². The Kier molecular flexibility index (Phi) is 7.90. The van der Waals surface area contributed by atoms with Crippen LogP contribution in [0, 0.1) is 13.8 Å². The van der Waals surface area contributed by atoms with E-state index in [1.807, 2.05) is 12.1 Å². The van der Waals surface area contributed by atoms with Gasteiger partial charge in [-0.25, -0.2) is 0 Å². The molecule has 0 radical (unpaired) electrons. The van der Waals surface area contributed by atoms with Crippen molar-refractivity contribution in [2.24, 2.45) is 5.10 Å². The molecule has 32 heavy (non-hydrogen) atoms. The van der Waals surface area contributed by atoms with Crippen LogP contribution in [0.5, 0.6) is 6.01 Å². The first-order chi connectivity index (χ1) is 15.7. The standard InChI is InChI=1S/C24H34N6O2/c1-19-6-7-21(16-20(19)2)28-25-18-22-17-23(30-11-13-31-14-12-30)27-24(26-22)32-15-10-29-8-4-3-5-9-29/h6-7,16-18,28H,3-5,8-15H2,1-2H3/b25-18+. The van der Waals surface area contributed by atoms with Crippen molar-refractivity contribution in [3.63, 3.8) is 0 Å². The van der Waals surface area contributed by atoms with Crippen molar-refractivity contribution in [1.29, 1.82) is 0 Å². The third-order valence-corrected chi connectivity index (χ3v) is 6.03. The Hall–Kier alpha value is -2.71. The molecule has 4 rings (SSSR count). The zero-order chi connectivity index (χ0) is 22.2. The molecule has 0 amide bonds. The minimum absolute atomic E-state index is 0.402. The fourth-order valence-corrected chi connectivity index (χ4v) is 3.95. The lowest BCUT2D eigenvalue weighted by molar-refractivity contribution is 0.122. The zero-order valence-corrected chi connectivity index (χ0v) is 19.2. The molecule has 0 atom stereocenters. The van der Waals surface area contributed by atoms with Crippen LogP contribution in [0.4, 0.5) is 11.5 Å². The van der Waals surface area contributed by atoms with Gasteiger partial charge in [0.1, 0.15) is 12.4 Å². The molecular formula is C24H34N6O2. The van der Waals surface area contributed by atoms with E-state index in [-0.39, 0.29) is 0 Å². The van der Waals surface area contributed by atoms with Crippen molar-refractivity contribution in [2.75, 3.05) is 62.9 Å². The molecule has 2 aliphatic heterocycles. The van der Waals surface area contributed by atoms with Gasteiger partial charge in [0.25, 0.3) is 0 Å². The molecule has 1 aromatic heterocycles. The molecule has 0 unspecified atom stereocenters. The van der Waals surface area contributed by atoms with E-state index >= 15 is 0 Å². The molecule has 1 N–H and O–H groups in total. The number of ether oxygens (including phenoxy) is 2. The van der Waals surface area contributed by atoms with Gasteiger partial charge in [0, 0.05) is 25.7 Å². The van der Waals surface area contributed by atoms with Crippen molar-refractivity contribution in [1.82, 2.24) is 14.9 Å². The Labute approximate surface area is 190 Å². The van der Waals surface area contributed by atoms with E-state index in [4.69, 9.17) is 9.47 Å². The molecule has 2 fully saturated rings. The van der Waals surface area contributed by atoms with Crippen LogP contribution in [0.15, 0.2) is 29.4 Å². The lowest BCUT2D eigenvalue weighted by Gasteiger charge is -2.28. The molecule has 8 nitrogen and oxygen atoms in total. The summed E-state index contributed by atoms with van der Waals surface area (Å²) in [4.78, 5) is 13.9. The highest BCUT2D eigenvalue weighted by molar-refractivity contribution is 5.79. The molecule has 0 spiro atoms. The molecule has 0 aliphatic carbocycles. The Morgan fingerprint density at radius 2 is 1.84 bits per heavy atom. The number of morpholine rings is 1. The van der Waals surface area contributed by atoms with E-state index in [0.29, 0.717) is 31.5 Å². The van der Waals surface area contributed by atoms with Gasteiger partial charge in [-0.15, -0.1) is 0 Å². The van der Waals surface area contributed by atoms with E-state index in [2.05, 4.69) is 56.3 Å². The van der Waals surface area contributed by atoms with Crippen LogP contribution < -0.4 is 15.1 Å². The average molecular weight is 439 g/mol. The van der Waals surface area contributed by atoms with Crippen LogP contribution in [0.2, 0.25) is 0 Å². The number of rotatable bonds is 8. The van der Waals surface area contributed by atoms with Crippen molar-refractivity contribution in [3.8, 4) is 6.01 Å². The minimum Gasteiger partial charge on any atom is -0.462 e. The van der Waals surface area contributed by atoms with Crippen molar-refractivity contribution in [2.45, 2.75) is 33.1 Å². The largest absolute Gasteiger partial charge is 0.462 e. The van der Waals surface area contributed by atoms with Gasteiger partial charge in [-0.05, 0) is 63.0 Å². The lowest BCUT2D eigenvalue weighted by Crippen LogP contribution is -2.37. The summed E-state index contributed by atoms with van der Waals surface area (Å²) in [6, 6.07) is 8.55. The summed E-state index contributed by atoms with van der Waals surface area (Å²) < 4.78 is 11.5. The number of likely N-dealkylation sites (tertiary alicyclic amines) is 1. The number of hydrazone groups is 1. The Bertz CT molecular complexity index is 907. The number of aryl methyl sites for hydroxylation is 2. The van der Waals surface area contributed by atoms with Crippen LogP contribution >= 0.6 is 0 Å². The van der Waals surface area contributed by atoms with Gasteiger partial charge >= 0.3 is 6.01 Å². The van der Waals surface area contributed by atoms with Gasteiger partial charge in [-0.1, -0.05) is 12.5 Å². The van der Waals surface area contributed by atoms with E-state index in [9.17, 15) is 0 Å². The molecule has 0 bridgehead atoms. The number of nitrogens with one attached hydrogen (secondary N) is 1. The van der Waals surface area contributed by atoms with Crippen LogP contribution in [0.1, 0.15) is 36.1 Å². The van der Waals surface area contributed by atoms with Gasteiger partial charge in [0.05, 0.1) is 30.8 Å². The predicted octanol–water partition coefficient (Wildman–Crippen LogP) is 3.24. The molecule has 2 aromatic rings. The van der Waals surface area contributed by atoms with E-state index < -0.39 is 0 Å². The molecule has 2 saturated heterocycles. The summed E-state index contributed by atoms with van der Waals surface area (Å²) in [6.45, 7) is 11.0. The fraction of sp³-hybridized carbons (Fsp3) is 0.542. The third-order valence-electron chi connectivity index (χ3n) is 6.03. The average Bonchev–Trinajstić information content (AvgIpc) is 2.83. The van der Waals surface area contributed by atoms with Crippen LogP contribution in [0.25, 0.3) is 0 Å². The third kappa shape index (κ3) is 6.40. The maximum absolute atomic E-state index is 5.97. The molecule has 2 aliphatic rings. The normalized spacial score (nSPS) is 17.6.